The predicted octanol–water partition coefficient (Wildman–Crippen LogP) is 3.61. The smallest absolute Gasteiger partial charge is 0.0573 e. The minimum Gasteiger partial charge on any atom is -0.393 e. The Kier molecular flexibility index (Phi) is 4.00. The van der Waals surface area contributed by atoms with Crippen molar-refractivity contribution in [2.45, 2.75) is 65.9 Å². The minimum absolute atomic E-state index is 0.0671. The number of hydrogen-bond acceptors (Lipinski definition) is 1. The molecular weight excluding hydrogens is 172 g/mol. The van der Waals surface area contributed by atoms with Crippen molar-refractivity contribution in [3.05, 3.63) is 0 Å². The summed E-state index contributed by atoms with van der Waals surface area (Å²) in [6, 6.07) is 0. The second kappa shape index (κ2) is 4.65. The highest BCUT2D eigenvalue weighted by molar-refractivity contribution is 4.79. The minimum atomic E-state index is -0.0671. The van der Waals surface area contributed by atoms with E-state index in [0.717, 1.165) is 12.3 Å². The van der Waals surface area contributed by atoms with E-state index in [1.165, 1.54) is 25.7 Å². The lowest BCUT2D eigenvalue weighted by molar-refractivity contribution is 0.0425. The highest BCUT2D eigenvalue weighted by atomic mass is 16.3. The van der Waals surface area contributed by atoms with Gasteiger partial charge in [-0.25, -0.2) is 0 Å². The van der Waals surface area contributed by atoms with Gasteiger partial charge in [0.2, 0.25) is 0 Å². The first kappa shape index (κ1) is 12.0. The highest BCUT2D eigenvalue weighted by Crippen LogP contribution is 2.34. The van der Waals surface area contributed by atoms with E-state index < -0.39 is 0 Å². The Morgan fingerprint density at radius 1 is 1.14 bits per heavy atom. The van der Waals surface area contributed by atoms with Gasteiger partial charge >= 0.3 is 0 Å². The second-order valence-electron chi connectivity index (χ2n) is 6.35. The summed E-state index contributed by atoms with van der Waals surface area (Å²) < 4.78 is 0. The van der Waals surface area contributed by atoms with E-state index in [-0.39, 0.29) is 11.5 Å². The van der Waals surface area contributed by atoms with E-state index in [9.17, 15) is 5.11 Å². The highest BCUT2D eigenvalue weighted by Gasteiger charge is 2.27. The van der Waals surface area contributed by atoms with Crippen LogP contribution in [0.2, 0.25) is 0 Å². The summed E-state index contributed by atoms with van der Waals surface area (Å²) >= 11 is 0. The van der Waals surface area contributed by atoms with Crippen LogP contribution in [0.15, 0.2) is 0 Å². The van der Waals surface area contributed by atoms with Crippen LogP contribution >= 0.6 is 0 Å². The molecule has 0 aromatic carbocycles. The second-order valence-corrected chi connectivity index (χ2v) is 6.35. The van der Waals surface area contributed by atoms with Crippen LogP contribution in [0.1, 0.15) is 59.8 Å². The molecule has 0 amide bonds. The molecule has 0 heterocycles. The first-order chi connectivity index (χ1) is 6.38. The average Bonchev–Trinajstić information content (AvgIpc) is 2.02. The van der Waals surface area contributed by atoms with Gasteiger partial charge in [-0.2, -0.15) is 0 Å². The first-order valence-electron chi connectivity index (χ1n) is 6.06. The fourth-order valence-corrected chi connectivity index (χ4v) is 2.46. The zero-order chi connectivity index (χ0) is 10.8. The number of rotatable bonds is 2. The van der Waals surface area contributed by atoms with Gasteiger partial charge in [-0.15, -0.1) is 0 Å². The molecule has 0 saturated heterocycles. The van der Waals surface area contributed by atoms with Crippen LogP contribution in [0, 0.1) is 17.3 Å². The van der Waals surface area contributed by atoms with Crippen molar-refractivity contribution in [3.63, 3.8) is 0 Å². The van der Waals surface area contributed by atoms with Crippen LogP contribution in [-0.4, -0.2) is 11.2 Å². The van der Waals surface area contributed by atoms with Crippen LogP contribution in [0.25, 0.3) is 0 Å². The molecular formula is C13H26O. The lowest BCUT2D eigenvalue weighted by Gasteiger charge is -2.33. The van der Waals surface area contributed by atoms with Crippen LogP contribution in [-0.2, 0) is 0 Å². The quantitative estimate of drug-likeness (QED) is 0.718. The van der Waals surface area contributed by atoms with E-state index >= 15 is 0 Å². The Morgan fingerprint density at radius 3 is 2.07 bits per heavy atom. The molecule has 1 unspecified atom stereocenters. The normalized spacial score (nSPS) is 31.5. The molecule has 1 atom stereocenters. The van der Waals surface area contributed by atoms with Gasteiger partial charge in [-0.1, -0.05) is 40.5 Å². The fourth-order valence-electron chi connectivity index (χ4n) is 2.46. The van der Waals surface area contributed by atoms with Crippen molar-refractivity contribution in [2.24, 2.45) is 17.3 Å². The molecule has 0 bridgehead atoms. The van der Waals surface area contributed by atoms with Gasteiger partial charge < -0.3 is 5.11 Å². The lowest BCUT2D eigenvalue weighted by atomic mass is 9.76. The van der Waals surface area contributed by atoms with Gasteiger partial charge in [0, 0.05) is 0 Å². The molecule has 84 valence electrons. The zero-order valence-electron chi connectivity index (χ0n) is 10.2. The average molecular weight is 198 g/mol. The van der Waals surface area contributed by atoms with Crippen molar-refractivity contribution in [1.29, 1.82) is 0 Å². The monoisotopic (exact) mass is 198 g/mol. The molecule has 0 radical (unpaired) electrons. The molecule has 1 rings (SSSR count). The SMILES string of the molecule is CC1CCC(C(O)CC(C)(C)C)CC1. The third-order valence-corrected chi connectivity index (χ3v) is 3.43. The molecule has 1 saturated carbocycles. The molecule has 0 aliphatic heterocycles. The van der Waals surface area contributed by atoms with Crippen molar-refractivity contribution < 1.29 is 5.11 Å². The van der Waals surface area contributed by atoms with E-state index in [2.05, 4.69) is 27.7 Å². The molecule has 0 aromatic heterocycles. The van der Waals surface area contributed by atoms with Gasteiger partial charge in [0.15, 0.2) is 0 Å². The molecule has 0 spiro atoms. The third-order valence-electron chi connectivity index (χ3n) is 3.43. The number of aliphatic hydroxyl groups excluding tert-OH is 1. The lowest BCUT2D eigenvalue weighted by Crippen LogP contribution is -2.28. The molecule has 1 nitrogen and oxygen atoms in total. The van der Waals surface area contributed by atoms with Crippen LogP contribution in [0.4, 0.5) is 0 Å². The third kappa shape index (κ3) is 4.00. The van der Waals surface area contributed by atoms with Gasteiger partial charge in [0.25, 0.3) is 0 Å². The Morgan fingerprint density at radius 2 is 1.64 bits per heavy atom. The van der Waals surface area contributed by atoms with Crippen molar-refractivity contribution in [3.8, 4) is 0 Å². The molecule has 14 heavy (non-hydrogen) atoms. The molecule has 1 aliphatic rings. The standard InChI is InChI=1S/C13H26O/c1-10-5-7-11(8-6-10)12(14)9-13(2,3)4/h10-12,14H,5-9H2,1-4H3. The van der Waals surface area contributed by atoms with E-state index in [4.69, 9.17) is 0 Å². The molecule has 1 fully saturated rings. The molecule has 1 N–H and O–H groups in total. The maximum atomic E-state index is 10.1. The van der Waals surface area contributed by atoms with Gasteiger partial charge in [-0.05, 0) is 36.5 Å². The topological polar surface area (TPSA) is 20.2 Å². The predicted molar refractivity (Wildman–Crippen MR) is 61.2 cm³/mol. The van der Waals surface area contributed by atoms with Crippen molar-refractivity contribution in [1.82, 2.24) is 0 Å². The zero-order valence-corrected chi connectivity index (χ0v) is 10.2. The Hall–Kier alpha value is -0.0400. The largest absolute Gasteiger partial charge is 0.393 e. The van der Waals surface area contributed by atoms with Crippen molar-refractivity contribution >= 4 is 0 Å². The van der Waals surface area contributed by atoms with Gasteiger partial charge in [0.05, 0.1) is 6.10 Å². The summed E-state index contributed by atoms with van der Waals surface area (Å²) in [5.41, 5.74) is 0.266. The van der Waals surface area contributed by atoms with E-state index in [0.29, 0.717) is 5.92 Å². The van der Waals surface area contributed by atoms with Crippen LogP contribution < -0.4 is 0 Å². The summed E-state index contributed by atoms with van der Waals surface area (Å²) in [7, 11) is 0. The number of hydrogen-bond donors (Lipinski definition) is 1. The maximum Gasteiger partial charge on any atom is 0.0573 e. The molecule has 0 aromatic rings. The summed E-state index contributed by atoms with van der Waals surface area (Å²) in [4.78, 5) is 0. The Balaban J connectivity index is 2.34. The Bertz CT molecular complexity index is 161. The fraction of sp³-hybridized carbons (Fsp3) is 1.00. The maximum absolute atomic E-state index is 10.1. The Labute approximate surface area is 88.9 Å². The summed E-state index contributed by atoms with van der Waals surface area (Å²) in [5, 5.41) is 10.1. The molecule has 1 heteroatoms. The summed E-state index contributed by atoms with van der Waals surface area (Å²) in [6.07, 6.45) is 5.98. The van der Waals surface area contributed by atoms with Gasteiger partial charge in [-0.3, -0.25) is 0 Å². The summed E-state index contributed by atoms with van der Waals surface area (Å²) in [5.74, 6) is 1.46. The number of aliphatic hydroxyl groups is 1. The van der Waals surface area contributed by atoms with E-state index in [1.807, 2.05) is 0 Å². The first-order valence-corrected chi connectivity index (χ1v) is 6.06. The van der Waals surface area contributed by atoms with Crippen LogP contribution in [0.5, 0.6) is 0 Å². The summed E-state index contributed by atoms with van der Waals surface area (Å²) in [6.45, 7) is 8.96. The van der Waals surface area contributed by atoms with E-state index in [1.54, 1.807) is 0 Å². The van der Waals surface area contributed by atoms with Crippen molar-refractivity contribution in [2.75, 3.05) is 0 Å². The van der Waals surface area contributed by atoms with Gasteiger partial charge in [0.1, 0.15) is 0 Å². The van der Waals surface area contributed by atoms with Crippen LogP contribution in [0.3, 0.4) is 0 Å². The molecule has 1 aliphatic carbocycles.